The van der Waals surface area contributed by atoms with Gasteiger partial charge in [-0.05, 0) is 236 Å². The average molecular weight is 1130 g/mol. The molecule has 0 amide bonds. The van der Waals surface area contributed by atoms with Crippen molar-refractivity contribution in [2.75, 3.05) is 0 Å². The first kappa shape index (κ1) is 54.0. The van der Waals surface area contributed by atoms with Gasteiger partial charge in [-0.15, -0.1) is 0 Å². The topological polar surface area (TPSA) is 283 Å². The van der Waals surface area contributed by atoms with Gasteiger partial charge in [0, 0.05) is 87.8 Å². The summed E-state index contributed by atoms with van der Waals surface area (Å²) < 4.78 is 0. The minimum absolute atomic E-state index is 0.0360. The van der Waals surface area contributed by atoms with Crippen molar-refractivity contribution in [3.05, 3.63) is 163 Å². The Morgan fingerprint density at radius 3 is 0.542 bits per heavy atom. The van der Waals surface area contributed by atoms with Gasteiger partial charge in [0.25, 0.3) is 0 Å². The van der Waals surface area contributed by atoms with Crippen molar-refractivity contribution < 1.29 is 71.5 Å². The third-order valence-corrected chi connectivity index (χ3v) is 22.0. The first-order valence-corrected chi connectivity index (χ1v) is 28.8. The molecule has 0 heterocycles. The first-order chi connectivity index (χ1) is 39.0. The summed E-state index contributed by atoms with van der Waals surface area (Å²) in [4.78, 5) is 0. The van der Waals surface area contributed by atoms with Gasteiger partial charge < -0.3 is 71.5 Å². The average Bonchev–Trinajstić information content (AvgIpc) is 0.682. The zero-order valence-electron chi connectivity index (χ0n) is 47.5. The van der Waals surface area contributed by atoms with Crippen LogP contribution in [0.1, 0.15) is 162 Å². The van der Waals surface area contributed by atoms with E-state index in [4.69, 9.17) is 0 Å². The SMILES string of the molecule is CCc1cc(O)c(C23CC4(c5cc(O)c(C)cc5O)CC(c5cc(O)c(C)cc5O)(C2)CC(c2cc(O)c(C56CC7(c8cc(O)c(C)cc8O)CC(c8cc(O)c(C)cc8O)(CC(c8cc(O)c(C)cc8O)(C7)C5)C6)cc2O)(C4)C3)cc1O. The molecule has 2 atom stereocenters. The highest BCUT2D eigenvalue weighted by atomic mass is 16.3. The Morgan fingerprint density at radius 1 is 0.217 bits per heavy atom. The molecule has 0 radical (unpaired) electrons. The van der Waals surface area contributed by atoms with Gasteiger partial charge in [-0.1, -0.05) is 6.92 Å². The Bertz CT molecular complexity index is 3730. The van der Waals surface area contributed by atoms with Crippen LogP contribution in [0.2, 0.25) is 0 Å². The lowest BCUT2D eigenvalue weighted by Crippen LogP contribution is -2.67. The van der Waals surface area contributed by atoms with Gasteiger partial charge in [0.1, 0.15) is 80.5 Å². The van der Waals surface area contributed by atoms with Gasteiger partial charge >= 0.3 is 0 Å². The Kier molecular flexibility index (Phi) is 11.2. The summed E-state index contributed by atoms with van der Waals surface area (Å²) in [7, 11) is 0. The Morgan fingerprint density at radius 2 is 0.361 bits per heavy atom. The van der Waals surface area contributed by atoms with Gasteiger partial charge in [0.05, 0.1) is 0 Å². The number of hydrogen-bond donors (Lipinski definition) is 14. The van der Waals surface area contributed by atoms with Crippen molar-refractivity contribution in [3.8, 4) is 80.5 Å². The van der Waals surface area contributed by atoms with Gasteiger partial charge in [0.2, 0.25) is 0 Å². The molecule has 8 aliphatic rings. The number of hydrogen-bond acceptors (Lipinski definition) is 14. The summed E-state index contributed by atoms with van der Waals surface area (Å²) in [5.74, 6) is -1.37. The Balaban J connectivity index is 1.08. The molecule has 7 aromatic carbocycles. The van der Waals surface area contributed by atoms with Crippen molar-refractivity contribution in [2.24, 2.45) is 0 Å². The van der Waals surface area contributed by atoms with E-state index in [1.54, 1.807) is 89.2 Å². The van der Waals surface area contributed by atoms with Crippen LogP contribution in [0.25, 0.3) is 0 Å². The van der Waals surface area contributed by atoms with E-state index in [1.165, 1.54) is 30.3 Å². The van der Waals surface area contributed by atoms with Gasteiger partial charge in [-0.3, -0.25) is 0 Å². The van der Waals surface area contributed by atoms with Gasteiger partial charge in [-0.2, -0.15) is 0 Å². The van der Waals surface area contributed by atoms with Crippen molar-refractivity contribution in [1.82, 2.24) is 0 Å². The predicted octanol–water partition coefficient (Wildman–Crippen LogP) is 12.5. The van der Waals surface area contributed by atoms with Crippen LogP contribution in [0.5, 0.6) is 80.5 Å². The monoisotopic (exact) mass is 1120 g/mol. The van der Waals surface area contributed by atoms with E-state index < -0.39 is 43.3 Å². The maximum Gasteiger partial charge on any atom is 0.119 e. The lowest BCUT2D eigenvalue weighted by atomic mass is 9.31. The number of phenols is 14. The van der Waals surface area contributed by atoms with Crippen molar-refractivity contribution in [1.29, 1.82) is 0 Å². The molecule has 8 aliphatic carbocycles. The fourth-order valence-electron chi connectivity index (χ4n) is 19.8. The van der Waals surface area contributed by atoms with Crippen molar-refractivity contribution >= 4 is 0 Å². The third kappa shape index (κ3) is 7.45. The fourth-order valence-corrected chi connectivity index (χ4v) is 19.8. The van der Waals surface area contributed by atoms with Crippen molar-refractivity contribution in [3.63, 3.8) is 0 Å². The largest absolute Gasteiger partial charge is 0.508 e. The summed E-state index contributed by atoms with van der Waals surface area (Å²) in [6.07, 6.45) is 3.46. The molecule has 8 saturated carbocycles. The number of phenolic OH excluding ortho intramolecular Hbond substituents is 14. The molecule has 83 heavy (non-hydrogen) atoms. The summed E-state index contributed by atoms with van der Waals surface area (Å²) in [5.41, 5.74) is -3.35. The third-order valence-electron chi connectivity index (χ3n) is 22.0. The second-order valence-electron chi connectivity index (χ2n) is 27.4. The molecular formula is C69H72O14. The molecule has 2 unspecified atom stereocenters. The van der Waals surface area contributed by atoms with Gasteiger partial charge in [-0.25, -0.2) is 0 Å². The van der Waals surface area contributed by atoms with E-state index in [-0.39, 0.29) is 158 Å². The molecule has 0 saturated heterocycles. The fraction of sp³-hybridized carbons (Fsp3) is 0.391. The van der Waals surface area contributed by atoms with E-state index in [0.717, 1.165) is 0 Å². The second kappa shape index (κ2) is 17.2. The van der Waals surface area contributed by atoms with Crippen LogP contribution in [0.3, 0.4) is 0 Å². The molecule has 0 aliphatic heterocycles. The molecule has 0 spiro atoms. The first-order valence-electron chi connectivity index (χ1n) is 28.8. The summed E-state index contributed by atoms with van der Waals surface area (Å²) in [6, 6.07) is 21.7. The number of aryl methyl sites for hydroxylation is 6. The highest BCUT2D eigenvalue weighted by Gasteiger charge is 2.73. The van der Waals surface area contributed by atoms with E-state index in [1.807, 2.05) is 6.92 Å². The van der Waals surface area contributed by atoms with Crippen LogP contribution in [-0.2, 0) is 49.7 Å². The quantitative estimate of drug-likeness (QED) is 0.0599. The van der Waals surface area contributed by atoms with Crippen LogP contribution < -0.4 is 0 Å². The Labute approximate surface area is 481 Å². The molecular weight excluding hydrogens is 1050 g/mol. The zero-order chi connectivity index (χ0) is 59.3. The van der Waals surface area contributed by atoms with Crippen LogP contribution >= 0.6 is 0 Å². The van der Waals surface area contributed by atoms with E-state index in [2.05, 4.69) is 0 Å². The smallest absolute Gasteiger partial charge is 0.119 e. The number of aromatic hydroxyl groups is 14. The summed E-state index contributed by atoms with van der Waals surface area (Å²) >= 11 is 0. The lowest BCUT2D eigenvalue weighted by molar-refractivity contribution is -0.0736. The molecule has 15 rings (SSSR count). The normalized spacial score (nSPS) is 30.1. The molecule has 14 nitrogen and oxygen atoms in total. The molecule has 8 fully saturated rings. The van der Waals surface area contributed by atoms with Crippen LogP contribution in [0.4, 0.5) is 0 Å². The number of benzene rings is 7. The minimum atomic E-state index is -1.20. The molecule has 14 N–H and O–H groups in total. The highest BCUT2D eigenvalue weighted by Crippen LogP contribution is 2.80. The second-order valence-corrected chi connectivity index (χ2v) is 27.4. The molecule has 0 aromatic heterocycles. The zero-order valence-corrected chi connectivity index (χ0v) is 47.5. The van der Waals surface area contributed by atoms with Crippen LogP contribution in [0.15, 0.2) is 84.9 Å². The molecule has 7 aromatic rings. The molecule has 8 bridgehead atoms. The van der Waals surface area contributed by atoms with E-state index in [0.29, 0.717) is 84.3 Å². The molecule has 432 valence electrons. The maximum atomic E-state index is 13.5. The van der Waals surface area contributed by atoms with Crippen LogP contribution in [0, 0.1) is 34.6 Å². The number of rotatable bonds is 9. The maximum absolute atomic E-state index is 13.5. The van der Waals surface area contributed by atoms with E-state index >= 15 is 0 Å². The van der Waals surface area contributed by atoms with Gasteiger partial charge in [0.15, 0.2) is 0 Å². The summed E-state index contributed by atoms with van der Waals surface area (Å²) in [5, 5.41) is 170. The highest BCUT2D eigenvalue weighted by molar-refractivity contribution is 5.66. The predicted molar refractivity (Wildman–Crippen MR) is 310 cm³/mol. The standard InChI is InChI=1S/C69H72O14/c1-7-39-13-59(81)45(19-53(39)75)67-26-65(43-17-51(73)37(5)11-57(43)79)25-66(27-67,44-18-52(74)38(6)12-58(44)80)32-69(31-65,33-67)47-21-60(82)46(20-61(47)83)68-28-62(40-14-48(70)34(2)8-54(40)76)22-63(29-68,41-15-49(71)35(3)9-55(41)77)24-64(23-62,30-68)42-16-50(72)36(4)10-56(42)78/h8-21,70-83H,7,22-33H2,1-6H3. The lowest BCUT2D eigenvalue weighted by Gasteiger charge is -2.72. The van der Waals surface area contributed by atoms with E-state index in [9.17, 15) is 71.5 Å². The molecule has 14 heteroatoms. The Hall–Kier alpha value is -8.26. The van der Waals surface area contributed by atoms with Crippen molar-refractivity contribution in [2.45, 2.75) is 168 Å². The minimum Gasteiger partial charge on any atom is -0.508 e. The summed E-state index contributed by atoms with van der Waals surface area (Å²) in [6.45, 7) is 10.3. The van der Waals surface area contributed by atoms with Crippen LogP contribution in [-0.4, -0.2) is 71.5 Å².